The standard InChI is InChI=1S/C29H27N3O4S2/c1-3-32(23-10-5-4-6-11-23)38(34,35)24-16-13-22(14-17-24)28(33)30-29-31(19-20-36-2)26-18-15-21-9-7-8-12-25(21)27(26)37-29/h4-18H,3,19-20H2,1-2H3. The normalized spacial score (nSPS) is 12.3. The monoisotopic (exact) mass is 545 g/mol. The SMILES string of the molecule is CCN(c1ccccc1)S(=O)(=O)c1ccc(C(=O)N=c2sc3c4ccccc4ccc3n2CCOC)cc1. The number of thiazole rings is 1. The van der Waals surface area contributed by atoms with E-state index in [0.717, 1.165) is 21.0 Å². The Bertz CT molecular complexity index is 1770. The summed E-state index contributed by atoms with van der Waals surface area (Å²) < 4.78 is 36.3. The molecule has 0 unspecified atom stereocenters. The summed E-state index contributed by atoms with van der Waals surface area (Å²) in [6, 6.07) is 27.1. The molecule has 9 heteroatoms. The van der Waals surface area contributed by atoms with Gasteiger partial charge in [-0.25, -0.2) is 8.42 Å². The Balaban J connectivity index is 1.51. The molecule has 38 heavy (non-hydrogen) atoms. The van der Waals surface area contributed by atoms with E-state index in [0.29, 0.717) is 29.2 Å². The van der Waals surface area contributed by atoms with Crippen LogP contribution in [0.3, 0.4) is 0 Å². The summed E-state index contributed by atoms with van der Waals surface area (Å²) in [4.78, 5) is 18.3. The second-order valence-electron chi connectivity index (χ2n) is 8.61. The summed E-state index contributed by atoms with van der Waals surface area (Å²) in [5, 5.41) is 2.22. The number of para-hydroxylation sites is 1. The van der Waals surface area contributed by atoms with Gasteiger partial charge in [0.05, 0.1) is 27.4 Å². The van der Waals surface area contributed by atoms with E-state index in [1.165, 1.54) is 39.9 Å². The average molecular weight is 546 g/mol. The van der Waals surface area contributed by atoms with E-state index < -0.39 is 15.9 Å². The van der Waals surface area contributed by atoms with Crippen LogP contribution in [-0.4, -0.2) is 39.2 Å². The predicted octanol–water partition coefficient (Wildman–Crippen LogP) is 5.46. The summed E-state index contributed by atoms with van der Waals surface area (Å²) in [6.07, 6.45) is 0. The van der Waals surface area contributed by atoms with Crippen molar-refractivity contribution in [2.24, 2.45) is 4.99 Å². The van der Waals surface area contributed by atoms with Crippen molar-refractivity contribution in [1.82, 2.24) is 4.57 Å². The van der Waals surface area contributed by atoms with Crippen LogP contribution in [-0.2, 0) is 21.3 Å². The zero-order valence-electron chi connectivity index (χ0n) is 21.1. The molecule has 0 saturated heterocycles. The highest BCUT2D eigenvalue weighted by Crippen LogP contribution is 2.28. The van der Waals surface area contributed by atoms with Crippen LogP contribution in [0.2, 0.25) is 0 Å². The van der Waals surface area contributed by atoms with Gasteiger partial charge in [-0.2, -0.15) is 4.99 Å². The van der Waals surface area contributed by atoms with Crippen molar-refractivity contribution in [3.05, 3.63) is 101 Å². The van der Waals surface area contributed by atoms with E-state index in [1.54, 1.807) is 38.3 Å². The number of benzene rings is 4. The fourth-order valence-corrected chi connectivity index (χ4v) is 7.08. The summed E-state index contributed by atoms with van der Waals surface area (Å²) >= 11 is 1.46. The largest absolute Gasteiger partial charge is 0.383 e. The highest BCUT2D eigenvalue weighted by molar-refractivity contribution is 7.92. The molecule has 194 valence electrons. The molecule has 4 aromatic carbocycles. The lowest BCUT2D eigenvalue weighted by atomic mass is 10.1. The van der Waals surface area contributed by atoms with E-state index in [2.05, 4.69) is 23.2 Å². The summed E-state index contributed by atoms with van der Waals surface area (Å²) in [5.74, 6) is -0.439. The molecule has 1 heterocycles. The molecule has 5 aromatic rings. The molecule has 0 saturated carbocycles. The molecule has 0 aliphatic carbocycles. The summed E-state index contributed by atoms with van der Waals surface area (Å²) in [5.41, 5.74) is 1.88. The third kappa shape index (κ3) is 4.88. The van der Waals surface area contributed by atoms with E-state index in [1.807, 2.05) is 28.8 Å². The first-order valence-corrected chi connectivity index (χ1v) is 14.5. The molecule has 1 aromatic heterocycles. The van der Waals surface area contributed by atoms with Crippen molar-refractivity contribution >= 4 is 53.9 Å². The number of ether oxygens (including phenoxy) is 1. The van der Waals surface area contributed by atoms with Gasteiger partial charge < -0.3 is 9.30 Å². The first-order chi connectivity index (χ1) is 18.4. The van der Waals surface area contributed by atoms with Crippen molar-refractivity contribution in [3.63, 3.8) is 0 Å². The molecule has 0 N–H and O–H groups in total. The molecule has 1 amide bonds. The lowest BCUT2D eigenvalue weighted by molar-refractivity contribution is 0.0997. The highest BCUT2D eigenvalue weighted by Gasteiger charge is 2.23. The van der Waals surface area contributed by atoms with E-state index in [-0.39, 0.29) is 11.4 Å². The first-order valence-electron chi connectivity index (χ1n) is 12.2. The molecule has 0 aliphatic heterocycles. The second kappa shape index (κ2) is 10.9. The van der Waals surface area contributed by atoms with Gasteiger partial charge in [0.15, 0.2) is 4.80 Å². The molecule has 0 fully saturated rings. The topological polar surface area (TPSA) is 81.0 Å². The number of rotatable bonds is 8. The number of anilines is 1. The van der Waals surface area contributed by atoms with Crippen molar-refractivity contribution in [3.8, 4) is 0 Å². The van der Waals surface area contributed by atoms with E-state index in [4.69, 9.17) is 4.74 Å². The number of aromatic nitrogens is 1. The maximum absolute atomic E-state index is 13.3. The first kappa shape index (κ1) is 25.8. The van der Waals surface area contributed by atoms with Crippen LogP contribution in [0, 0.1) is 0 Å². The Hall–Kier alpha value is -3.79. The summed E-state index contributed by atoms with van der Waals surface area (Å²) in [6.45, 7) is 3.09. The number of nitrogens with zero attached hydrogens (tertiary/aromatic N) is 3. The zero-order valence-corrected chi connectivity index (χ0v) is 22.7. The zero-order chi connectivity index (χ0) is 26.7. The Morgan fingerprint density at radius 3 is 2.37 bits per heavy atom. The van der Waals surface area contributed by atoms with Crippen LogP contribution in [0.15, 0.2) is 101 Å². The van der Waals surface area contributed by atoms with Gasteiger partial charge in [-0.1, -0.05) is 59.9 Å². The Morgan fingerprint density at radius 2 is 1.66 bits per heavy atom. The smallest absolute Gasteiger partial charge is 0.279 e. The number of hydrogen-bond acceptors (Lipinski definition) is 5. The Morgan fingerprint density at radius 1 is 0.947 bits per heavy atom. The van der Waals surface area contributed by atoms with Crippen molar-refractivity contribution in [2.75, 3.05) is 24.6 Å². The van der Waals surface area contributed by atoms with Gasteiger partial charge in [-0.15, -0.1) is 0 Å². The van der Waals surface area contributed by atoms with Crippen LogP contribution in [0.4, 0.5) is 5.69 Å². The number of carbonyl (C=O) groups is 1. The molecular weight excluding hydrogens is 518 g/mol. The third-order valence-corrected chi connectivity index (χ3v) is 9.36. The lowest BCUT2D eigenvalue weighted by Crippen LogP contribution is -2.30. The Kier molecular flexibility index (Phi) is 7.42. The second-order valence-corrected chi connectivity index (χ2v) is 11.5. The molecule has 0 bridgehead atoms. The van der Waals surface area contributed by atoms with Crippen LogP contribution < -0.4 is 9.11 Å². The van der Waals surface area contributed by atoms with E-state index >= 15 is 0 Å². The molecule has 7 nitrogen and oxygen atoms in total. The molecule has 0 radical (unpaired) electrons. The minimum atomic E-state index is -3.79. The van der Waals surface area contributed by atoms with Crippen LogP contribution in [0.25, 0.3) is 21.0 Å². The van der Waals surface area contributed by atoms with Gasteiger partial charge in [-0.3, -0.25) is 9.10 Å². The number of amides is 1. The number of hydrogen-bond donors (Lipinski definition) is 0. The third-order valence-electron chi connectivity index (χ3n) is 6.31. The molecule has 0 aliphatic rings. The van der Waals surface area contributed by atoms with Crippen molar-refractivity contribution < 1.29 is 17.9 Å². The molecular formula is C29H27N3O4S2. The van der Waals surface area contributed by atoms with Crippen molar-refractivity contribution in [1.29, 1.82) is 0 Å². The maximum Gasteiger partial charge on any atom is 0.279 e. The number of carbonyl (C=O) groups excluding carboxylic acids is 1. The maximum atomic E-state index is 13.3. The minimum absolute atomic E-state index is 0.114. The minimum Gasteiger partial charge on any atom is -0.383 e. The van der Waals surface area contributed by atoms with Crippen LogP contribution in [0.5, 0.6) is 0 Å². The van der Waals surface area contributed by atoms with Gasteiger partial charge in [0.2, 0.25) is 0 Å². The van der Waals surface area contributed by atoms with Crippen LogP contribution in [0.1, 0.15) is 17.3 Å². The van der Waals surface area contributed by atoms with Crippen molar-refractivity contribution in [2.45, 2.75) is 18.4 Å². The van der Waals surface area contributed by atoms with Gasteiger partial charge in [0, 0.05) is 31.1 Å². The predicted molar refractivity (Wildman–Crippen MR) is 152 cm³/mol. The highest BCUT2D eigenvalue weighted by atomic mass is 32.2. The van der Waals surface area contributed by atoms with Gasteiger partial charge in [-0.05, 0) is 54.8 Å². The summed E-state index contributed by atoms with van der Waals surface area (Å²) in [7, 11) is -2.15. The molecule has 0 spiro atoms. The fourth-order valence-electron chi connectivity index (χ4n) is 4.42. The average Bonchev–Trinajstić information content (AvgIpc) is 3.30. The van der Waals surface area contributed by atoms with E-state index in [9.17, 15) is 13.2 Å². The van der Waals surface area contributed by atoms with Gasteiger partial charge >= 0.3 is 0 Å². The number of fused-ring (bicyclic) bond motifs is 3. The quantitative estimate of drug-likeness (QED) is 0.259. The van der Waals surface area contributed by atoms with Gasteiger partial charge in [0.25, 0.3) is 15.9 Å². The molecule has 0 atom stereocenters. The lowest BCUT2D eigenvalue weighted by Gasteiger charge is -2.22. The van der Waals surface area contributed by atoms with Gasteiger partial charge in [0.1, 0.15) is 0 Å². The molecule has 5 rings (SSSR count). The number of methoxy groups -OCH3 is 1. The Labute approximate surface area is 225 Å². The van der Waals surface area contributed by atoms with Crippen LogP contribution >= 0.6 is 11.3 Å². The number of sulfonamides is 1. The fraction of sp³-hybridized carbons (Fsp3) is 0.172.